The van der Waals surface area contributed by atoms with Gasteiger partial charge in [-0.05, 0) is 48.7 Å². The second kappa shape index (κ2) is 9.42. The van der Waals surface area contributed by atoms with Crippen LogP contribution in [0, 0.1) is 6.92 Å². The molecule has 0 atom stereocenters. The summed E-state index contributed by atoms with van der Waals surface area (Å²) in [5.74, 6) is 0.536. The minimum atomic E-state index is -0.160. The van der Waals surface area contributed by atoms with E-state index < -0.39 is 0 Å². The monoisotopic (exact) mass is 352 g/mol. The first-order chi connectivity index (χ1) is 12.5. The van der Waals surface area contributed by atoms with Gasteiger partial charge in [-0.15, -0.1) is 0 Å². The van der Waals surface area contributed by atoms with Gasteiger partial charge in [0.05, 0.1) is 7.11 Å². The maximum Gasteiger partial charge on any atom is 0.251 e. The van der Waals surface area contributed by atoms with E-state index in [1.807, 2.05) is 19.1 Å². The van der Waals surface area contributed by atoms with Gasteiger partial charge in [-0.25, -0.2) is 0 Å². The molecule has 2 amide bonds. The molecule has 0 aliphatic carbocycles. The van der Waals surface area contributed by atoms with Crippen molar-refractivity contribution in [1.82, 2.24) is 10.6 Å². The van der Waals surface area contributed by atoms with E-state index >= 15 is 0 Å². The molecule has 0 aliphatic heterocycles. The molecule has 0 bridgehead atoms. The second-order valence-electron chi connectivity index (χ2n) is 5.89. The van der Waals surface area contributed by atoms with Crippen molar-refractivity contribution in [3.05, 3.63) is 70.8 Å². The highest BCUT2D eigenvalue weighted by molar-refractivity contribution is 5.94. The molecule has 2 aromatic rings. The molecule has 2 rings (SSSR count). The summed E-state index contributed by atoms with van der Waals surface area (Å²) in [6, 6.07) is 13.0. The molecule has 0 aliphatic rings. The third-order valence-electron chi connectivity index (χ3n) is 3.96. The zero-order valence-corrected chi connectivity index (χ0v) is 15.3. The first kappa shape index (κ1) is 19.2. The normalized spacial score (nSPS) is 10.6. The van der Waals surface area contributed by atoms with Crippen LogP contribution in [0.25, 0.3) is 6.08 Å². The van der Waals surface area contributed by atoms with Crippen LogP contribution in [-0.2, 0) is 11.2 Å². The van der Waals surface area contributed by atoms with Crippen LogP contribution in [0.5, 0.6) is 5.75 Å². The number of benzene rings is 2. The lowest BCUT2D eigenvalue weighted by Gasteiger charge is -2.09. The van der Waals surface area contributed by atoms with E-state index in [1.165, 1.54) is 6.08 Å². The Bertz CT molecular complexity index is 795. The number of carbonyl (C=O) groups excluding carboxylic acids is 2. The van der Waals surface area contributed by atoms with Gasteiger partial charge in [-0.1, -0.05) is 29.8 Å². The van der Waals surface area contributed by atoms with Gasteiger partial charge in [0, 0.05) is 25.2 Å². The van der Waals surface area contributed by atoms with E-state index in [9.17, 15) is 9.59 Å². The maximum atomic E-state index is 12.0. The Balaban J connectivity index is 1.86. The van der Waals surface area contributed by atoms with Crippen LogP contribution < -0.4 is 15.4 Å². The van der Waals surface area contributed by atoms with Gasteiger partial charge in [0.15, 0.2) is 0 Å². The van der Waals surface area contributed by atoms with Crippen LogP contribution in [-0.4, -0.2) is 32.5 Å². The quantitative estimate of drug-likeness (QED) is 0.753. The molecule has 0 unspecified atom stereocenters. The number of rotatable bonds is 7. The van der Waals surface area contributed by atoms with Crippen LogP contribution in [0.2, 0.25) is 0 Å². The van der Waals surface area contributed by atoms with Gasteiger partial charge < -0.3 is 15.4 Å². The summed E-state index contributed by atoms with van der Waals surface area (Å²) in [5.41, 5.74) is 3.67. The molecule has 2 aromatic carbocycles. The van der Waals surface area contributed by atoms with Crippen LogP contribution in [0.3, 0.4) is 0 Å². The van der Waals surface area contributed by atoms with E-state index in [2.05, 4.69) is 16.7 Å². The smallest absolute Gasteiger partial charge is 0.251 e. The number of carbonyl (C=O) groups is 2. The van der Waals surface area contributed by atoms with E-state index in [1.54, 1.807) is 44.5 Å². The maximum absolute atomic E-state index is 12.0. The number of aryl methyl sites for hydroxylation is 1. The molecule has 0 saturated heterocycles. The summed E-state index contributed by atoms with van der Waals surface area (Å²) in [6.07, 6.45) is 3.91. The average Bonchev–Trinajstić information content (AvgIpc) is 2.66. The zero-order chi connectivity index (χ0) is 18.9. The fraction of sp³-hybridized carbons (Fsp3) is 0.238. The summed E-state index contributed by atoms with van der Waals surface area (Å²) >= 11 is 0. The van der Waals surface area contributed by atoms with Crippen molar-refractivity contribution in [2.24, 2.45) is 0 Å². The number of methoxy groups -OCH3 is 1. The highest BCUT2D eigenvalue weighted by Crippen LogP contribution is 2.19. The van der Waals surface area contributed by atoms with Crippen LogP contribution >= 0.6 is 0 Å². The summed E-state index contributed by atoms with van der Waals surface area (Å²) < 4.78 is 5.34. The minimum Gasteiger partial charge on any atom is -0.496 e. The average molecular weight is 352 g/mol. The molecule has 0 heterocycles. The van der Waals surface area contributed by atoms with Crippen LogP contribution in [0.4, 0.5) is 0 Å². The minimum absolute atomic E-state index is 0.134. The number of amides is 2. The van der Waals surface area contributed by atoms with Gasteiger partial charge in [0.1, 0.15) is 5.75 Å². The fourth-order valence-corrected chi connectivity index (χ4v) is 2.54. The highest BCUT2D eigenvalue weighted by atomic mass is 16.5. The van der Waals surface area contributed by atoms with Crippen molar-refractivity contribution >= 4 is 17.9 Å². The van der Waals surface area contributed by atoms with E-state index in [-0.39, 0.29) is 11.8 Å². The zero-order valence-electron chi connectivity index (χ0n) is 15.3. The number of hydrogen-bond acceptors (Lipinski definition) is 3. The van der Waals surface area contributed by atoms with Gasteiger partial charge in [-0.3, -0.25) is 9.59 Å². The largest absolute Gasteiger partial charge is 0.496 e. The first-order valence-electron chi connectivity index (χ1n) is 8.45. The third-order valence-corrected chi connectivity index (χ3v) is 3.96. The Labute approximate surface area is 154 Å². The Morgan fingerprint density at radius 1 is 1.12 bits per heavy atom. The summed E-state index contributed by atoms with van der Waals surface area (Å²) in [4.78, 5) is 23.4. The van der Waals surface area contributed by atoms with E-state index in [4.69, 9.17) is 4.74 Å². The molecule has 26 heavy (non-hydrogen) atoms. The molecule has 2 N–H and O–H groups in total. The molecule has 5 nitrogen and oxygen atoms in total. The van der Waals surface area contributed by atoms with Crippen molar-refractivity contribution in [2.75, 3.05) is 20.7 Å². The topological polar surface area (TPSA) is 67.4 Å². The fourth-order valence-electron chi connectivity index (χ4n) is 2.54. The van der Waals surface area contributed by atoms with Gasteiger partial charge in [0.2, 0.25) is 5.91 Å². The molecule has 5 heteroatoms. The van der Waals surface area contributed by atoms with Crippen LogP contribution in [0.15, 0.2) is 48.5 Å². The van der Waals surface area contributed by atoms with Crippen molar-refractivity contribution in [1.29, 1.82) is 0 Å². The summed E-state index contributed by atoms with van der Waals surface area (Å²) in [6.45, 7) is 2.55. The lowest BCUT2D eigenvalue weighted by molar-refractivity contribution is -0.116. The Morgan fingerprint density at radius 2 is 1.85 bits per heavy atom. The molecule has 0 spiro atoms. The molecular formula is C21H24N2O3. The molecule has 0 fully saturated rings. The Morgan fingerprint density at radius 3 is 2.50 bits per heavy atom. The predicted octanol–water partition coefficient (Wildman–Crippen LogP) is 2.74. The van der Waals surface area contributed by atoms with Gasteiger partial charge in [-0.2, -0.15) is 0 Å². The van der Waals surface area contributed by atoms with Crippen molar-refractivity contribution in [2.45, 2.75) is 13.3 Å². The number of hydrogen-bond donors (Lipinski definition) is 2. The van der Waals surface area contributed by atoms with E-state index in [0.717, 1.165) is 22.4 Å². The van der Waals surface area contributed by atoms with Gasteiger partial charge in [0.25, 0.3) is 5.91 Å². The Kier molecular flexibility index (Phi) is 6.97. The second-order valence-corrected chi connectivity index (χ2v) is 5.89. The lowest BCUT2D eigenvalue weighted by atomic mass is 10.1. The molecule has 0 aromatic heterocycles. The highest BCUT2D eigenvalue weighted by Gasteiger charge is 2.04. The van der Waals surface area contributed by atoms with Gasteiger partial charge >= 0.3 is 0 Å². The lowest BCUT2D eigenvalue weighted by Crippen LogP contribution is -2.23. The summed E-state index contributed by atoms with van der Waals surface area (Å²) in [5, 5.41) is 5.43. The molecule has 0 radical (unpaired) electrons. The Hall–Kier alpha value is -3.08. The van der Waals surface area contributed by atoms with Crippen molar-refractivity contribution in [3.63, 3.8) is 0 Å². The molecule has 136 valence electrons. The van der Waals surface area contributed by atoms with Crippen molar-refractivity contribution < 1.29 is 14.3 Å². The number of ether oxygens (including phenoxy) is 1. The van der Waals surface area contributed by atoms with Crippen LogP contribution in [0.1, 0.15) is 27.0 Å². The predicted molar refractivity (Wildman–Crippen MR) is 103 cm³/mol. The molecule has 0 saturated carbocycles. The number of nitrogens with one attached hydrogen (secondary N) is 2. The SMILES string of the molecule is CNC(=O)c1ccc(/C=C/C(=O)NCCc2cc(C)ccc2OC)cc1. The third kappa shape index (κ3) is 5.48. The first-order valence-corrected chi connectivity index (χ1v) is 8.45. The standard InChI is InChI=1S/C21H24N2O3/c1-15-4-10-19(26-3)18(14-15)12-13-23-20(24)11-7-16-5-8-17(9-6-16)21(25)22-2/h4-11,14H,12-13H2,1-3H3,(H,22,25)(H,23,24)/b11-7+. The summed E-state index contributed by atoms with van der Waals surface area (Å²) in [7, 11) is 3.23. The molecular weight excluding hydrogens is 328 g/mol. The van der Waals surface area contributed by atoms with Crippen molar-refractivity contribution in [3.8, 4) is 5.75 Å². The van der Waals surface area contributed by atoms with E-state index in [0.29, 0.717) is 18.5 Å².